The number of benzene rings is 1. The molecule has 4 rings (SSSR count). The smallest absolute Gasteiger partial charge is 0.261 e. The normalized spacial score (nSPS) is 17.2. The third-order valence-corrected chi connectivity index (χ3v) is 6.68. The highest BCUT2D eigenvalue weighted by Crippen LogP contribution is 2.30. The molecule has 0 bridgehead atoms. The van der Waals surface area contributed by atoms with Crippen LogP contribution in [0.1, 0.15) is 47.7 Å². The fraction of sp³-hybridized carbons (Fsp3) is 0.458. The van der Waals surface area contributed by atoms with Gasteiger partial charge in [0.25, 0.3) is 5.91 Å². The van der Waals surface area contributed by atoms with E-state index in [1.807, 2.05) is 6.20 Å². The zero-order chi connectivity index (χ0) is 23.2. The lowest BCUT2D eigenvalue weighted by Crippen LogP contribution is -2.35. The van der Waals surface area contributed by atoms with Gasteiger partial charge in [-0.05, 0) is 63.5 Å². The molecule has 1 fully saturated rings. The standard InChI is InChI=1S/C24H28Cl2N4O3/c1-32-23-15-27-14-21(28-23)17-6-10-29(11-7-17)8-2-3-9-30-19(13-25)16-33-22-5-4-18(26)12-20(22)24(30)31/h4-5,12,14-17H,2-3,6-11,13H2,1H3. The van der Waals surface area contributed by atoms with Gasteiger partial charge in [0, 0.05) is 23.7 Å². The molecule has 0 N–H and O–H groups in total. The van der Waals surface area contributed by atoms with Crippen LogP contribution in [0.2, 0.25) is 5.02 Å². The van der Waals surface area contributed by atoms with Gasteiger partial charge in [-0.3, -0.25) is 9.78 Å². The van der Waals surface area contributed by atoms with Gasteiger partial charge >= 0.3 is 0 Å². The van der Waals surface area contributed by atoms with Crippen LogP contribution >= 0.6 is 23.2 Å². The highest BCUT2D eigenvalue weighted by Gasteiger charge is 2.26. The Hall–Kier alpha value is -2.35. The van der Waals surface area contributed by atoms with Gasteiger partial charge in [-0.2, -0.15) is 0 Å². The topological polar surface area (TPSA) is 67.8 Å². The van der Waals surface area contributed by atoms with E-state index < -0.39 is 0 Å². The Morgan fingerprint density at radius 1 is 1.18 bits per heavy atom. The number of likely N-dealkylation sites (tertiary alicyclic amines) is 1. The molecule has 0 saturated carbocycles. The summed E-state index contributed by atoms with van der Waals surface area (Å²) in [7, 11) is 1.61. The maximum atomic E-state index is 13.1. The van der Waals surface area contributed by atoms with Crippen LogP contribution < -0.4 is 9.47 Å². The summed E-state index contributed by atoms with van der Waals surface area (Å²) >= 11 is 12.2. The number of aromatic nitrogens is 2. The van der Waals surface area contributed by atoms with Crippen molar-refractivity contribution < 1.29 is 14.3 Å². The minimum absolute atomic E-state index is 0.128. The largest absolute Gasteiger partial charge is 0.480 e. The molecule has 0 atom stereocenters. The number of unbranched alkanes of at least 4 members (excludes halogenated alkanes) is 1. The van der Waals surface area contributed by atoms with Crippen molar-refractivity contribution in [3.63, 3.8) is 0 Å². The fourth-order valence-corrected chi connectivity index (χ4v) is 4.69. The summed E-state index contributed by atoms with van der Waals surface area (Å²) in [4.78, 5) is 26.1. The Bertz CT molecular complexity index is 1010. The van der Waals surface area contributed by atoms with Crippen LogP contribution in [0, 0.1) is 0 Å². The number of methoxy groups -OCH3 is 1. The zero-order valence-corrected chi connectivity index (χ0v) is 20.2. The summed E-state index contributed by atoms with van der Waals surface area (Å²) in [5, 5.41) is 0.503. The van der Waals surface area contributed by atoms with Crippen molar-refractivity contribution in [2.75, 3.05) is 39.2 Å². The predicted octanol–water partition coefficient (Wildman–Crippen LogP) is 4.71. The predicted molar refractivity (Wildman–Crippen MR) is 128 cm³/mol. The minimum Gasteiger partial charge on any atom is -0.480 e. The molecular weight excluding hydrogens is 463 g/mol. The molecule has 0 unspecified atom stereocenters. The molecule has 1 amide bonds. The maximum absolute atomic E-state index is 13.1. The highest BCUT2D eigenvalue weighted by atomic mass is 35.5. The number of halogens is 2. The molecule has 9 heteroatoms. The number of ether oxygens (including phenoxy) is 2. The molecule has 33 heavy (non-hydrogen) atoms. The van der Waals surface area contributed by atoms with Crippen LogP contribution in [-0.2, 0) is 0 Å². The number of carbonyl (C=O) groups excluding carboxylic acids is 1. The maximum Gasteiger partial charge on any atom is 0.261 e. The Labute approximate surface area is 204 Å². The van der Waals surface area contributed by atoms with Gasteiger partial charge < -0.3 is 19.3 Å². The molecule has 0 spiro atoms. The number of nitrogens with zero attached hydrogens (tertiary/aromatic N) is 4. The Kier molecular flexibility index (Phi) is 8.06. The number of amides is 1. The summed E-state index contributed by atoms with van der Waals surface area (Å²) in [6.07, 6.45) is 9.02. The molecule has 2 aromatic rings. The summed E-state index contributed by atoms with van der Waals surface area (Å²) in [5.41, 5.74) is 2.13. The number of rotatable bonds is 8. The summed E-state index contributed by atoms with van der Waals surface area (Å²) in [6, 6.07) is 5.07. The molecule has 0 aliphatic carbocycles. The number of allylic oxidation sites excluding steroid dienone is 1. The zero-order valence-electron chi connectivity index (χ0n) is 18.7. The van der Waals surface area contributed by atoms with Crippen molar-refractivity contribution in [2.24, 2.45) is 0 Å². The number of hydrogen-bond acceptors (Lipinski definition) is 6. The molecular formula is C24H28Cl2N4O3. The first-order valence-electron chi connectivity index (χ1n) is 11.2. The van der Waals surface area contributed by atoms with E-state index in [4.69, 9.17) is 32.7 Å². The molecule has 1 aromatic carbocycles. The van der Waals surface area contributed by atoms with Crippen LogP contribution in [0.3, 0.4) is 0 Å². The Morgan fingerprint density at radius 3 is 2.73 bits per heavy atom. The van der Waals surface area contributed by atoms with Gasteiger partial charge in [0.05, 0.1) is 36.1 Å². The molecule has 0 radical (unpaired) electrons. The quantitative estimate of drug-likeness (QED) is 0.394. The van der Waals surface area contributed by atoms with E-state index in [0.29, 0.717) is 40.4 Å². The van der Waals surface area contributed by atoms with E-state index in [9.17, 15) is 4.79 Å². The Morgan fingerprint density at radius 2 is 1.97 bits per heavy atom. The summed E-state index contributed by atoms with van der Waals surface area (Å²) < 4.78 is 10.9. The number of hydrogen-bond donors (Lipinski definition) is 0. The number of alkyl halides is 1. The number of piperidine rings is 1. The van der Waals surface area contributed by atoms with Crippen LogP contribution in [0.25, 0.3) is 0 Å². The SMILES string of the molecule is COc1cncc(C2CCN(CCCCN3C(=O)c4cc(Cl)ccc4OC=C3CCl)CC2)n1. The first-order chi connectivity index (χ1) is 16.1. The number of carbonyl (C=O) groups is 1. The summed E-state index contributed by atoms with van der Waals surface area (Å²) in [6.45, 7) is 3.64. The van der Waals surface area contributed by atoms with Gasteiger partial charge in [0.15, 0.2) is 0 Å². The highest BCUT2D eigenvalue weighted by molar-refractivity contribution is 6.31. The molecule has 1 saturated heterocycles. The van der Waals surface area contributed by atoms with Gasteiger partial charge in [-0.25, -0.2) is 4.98 Å². The van der Waals surface area contributed by atoms with Gasteiger partial charge in [-0.1, -0.05) is 11.6 Å². The molecule has 3 heterocycles. The average molecular weight is 491 g/mol. The fourth-order valence-electron chi connectivity index (χ4n) is 4.31. The lowest BCUT2D eigenvalue weighted by Gasteiger charge is -2.31. The van der Waals surface area contributed by atoms with Gasteiger partial charge in [0.2, 0.25) is 5.88 Å². The van der Waals surface area contributed by atoms with Crippen molar-refractivity contribution in [1.29, 1.82) is 0 Å². The van der Waals surface area contributed by atoms with Crippen LogP contribution in [-0.4, -0.2) is 64.8 Å². The lowest BCUT2D eigenvalue weighted by molar-refractivity contribution is 0.0804. The van der Waals surface area contributed by atoms with Crippen molar-refractivity contribution in [2.45, 2.75) is 31.6 Å². The molecule has 2 aliphatic rings. The molecule has 7 nitrogen and oxygen atoms in total. The first-order valence-corrected chi connectivity index (χ1v) is 12.1. The van der Waals surface area contributed by atoms with Gasteiger partial charge in [0.1, 0.15) is 12.0 Å². The third-order valence-electron chi connectivity index (χ3n) is 6.17. The van der Waals surface area contributed by atoms with E-state index in [1.165, 1.54) is 0 Å². The average Bonchev–Trinajstić information content (AvgIpc) is 2.98. The second-order valence-electron chi connectivity index (χ2n) is 8.27. The van der Waals surface area contributed by atoms with E-state index in [0.717, 1.165) is 51.0 Å². The van der Waals surface area contributed by atoms with Crippen LogP contribution in [0.4, 0.5) is 0 Å². The minimum atomic E-state index is -0.128. The molecule has 176 valence electrons. The summed E-state index contributed by atoms with van der Waals surface area (Å²) in [5.74, 6) is 1.56. The lowest BCUT2D eigenvalue weighted by atomic mass is 9.93. The van der Waals surface area contributed by atoms with E-state index in [2.05, 4.69) is 14.9 Å². The second kappa shape index (κ2) is 11.2. The molecule has 2 aliphatic heterocycles. The Balaban J connectivity index is 1.27. The van der Waals surface area contributed by atoms with E-state index in [-0.39, 0.29) is 11.8 Å². The first kappa shape index (κ1) is 23.8. The third kappa shape index (κ3) is 5.78. The van der Waals surface area contributed by atoms with E-state index >= 15 is 0 Å². The van der Waals surface area contributed by atoms with Crippen molar-refractivity contribution in [1.82, 2.24) is 19.8 Å². The monoisotopic (exact) mass is 490 g/mol. The van der Waals surface area contributed by atoms with Crippen LogP contribution in [0.15, 0.2) is 42.6 Å². The van der Waals surface area contributed by atoms with Crippen molar-refractivity contribution in [3.05, 3.63) is 58.8 Å². The second-order valence-corrected chi connectivity index (χ2v) is 8.97. The van der Waals surface area contributed by atoms with Crippen LogP contribution in [0.5, 0.6) is 11.6 Å². The number of fused-ring (bicyclic) bond motifs is 1. The van der Waals surface area contributed by atoms with Crippen molar-refractivity contribution >= 4 is 29.1 Å². The molecule has 1 aromatic heterocycles. The van der Waals surface area contributed by atoms with Crippen molar-refractivity contribution in [3.8, 4) is 11.6 Å². The van der Waals surface area contributed by atoms with E-state index in [1.54, 1.807) is 42.7 Å². The van der Waals surface area contributed by atoms with Gasteiger partial charge in [-0.15, -0.1) is 11.6 Å².